The van der Waals surface area contributed by atoms with E-state index >= 15 is 0 Å². The van der Waals surface area contributed by atoms with Gasteiger partial charge in [-0.15, -0.1) is 11.3 Å². The number of benzene rings is 1. The van der Waals surface area contributed by atoms with Gasteiger partial charge in [0.1, 0.15) is 5.82 Å². The first-order chi connectivity index (χ1) is 14.6. The van der Waals surface area contributed by atoms with Crippen LogP contribution >= 0.6 is 11.3 Å². The highest BCUT2D eigenvalue weighted by Gasteiger charge is 2.42. The number of nitrogens with one attached hydrogen (secondary N) is 3. The lowest BCUT2D eigenvalue weighted by Crippen LogP contribution is -2.31. The van der Waals surface area contributed by atoms with Crippen LogP contribution in [0, 0.1) is 0 Å². The topological polar surface area (TPSA) is 96.2 Å². The fraction of sp³-hybridized carbons (Fsp3) is 0.273. The highest BCUT2D eigenvalue weighted by Crippen LogP contribution is 2.50. The number of para-hydroxylation sites is 1. The maximum absolute atomic E-state index is 13.4. The molecule has 0 radical (unpaired) electrons. The number of rotatable bonds is 4. The number of aromatic amines is 2. The average molecular weight is 423 g/mol. The molecule has 5 rings (SSSR count). The summed E-state index contributed by atoms with van der Waals surface area (Å²) >= 11 is 1.67. The third-order valence-corrected chi connectivity index (χ3v) is 6.90. The normalized spacial score (nSPS) is 20.4. The Balaban J connectivity index is 1.70. The number of allylic oxidation sites excluding steroid dienone is 2. The second-order valence-corrected chi connectivity index (χ2v) is 8.42. The smallest absolute Gasteiger partial charge is 0.270 e. The molecule has 1 aromatic carbocycles. The number of fused-ring (bicyclic) bond motifs is 1. The maximum atomic E-state index is 13.4. The molecule has 3 N–H and O–H groups in total. The summed E-state index contributed by atoms with van der Waals surface area (Å²) in [5.41, 5.74) is 2.45. The Kier molecular flexibility index (Phi) is 4.51. The Morgan fingerprint density at radius 2 is 1.90 bits per heavy atom. The average Bonchev–Trinajstić information content (AvgIpc) is 3.42. The van der Waals surface area contributed by atoms with Crippen LogP contribution in [0.3, 0.4) is 0 Å². The van der Waals surface area contributed by atoms with Crippen molar-refractivity contribution in [2.75, 3.05) is 19.5 Å². The van der Waals surface area contributed by atoms with Gasteiger partial charge in [0.25, 0.3) is 5.56 Å². The van der Waals surface area contributed by atoms with Crippen molar-refractivity contribution < 1.29 is 14.3 Å². The largest absolute Gasteiger partial charge is 0.493 e. The molecule has 0 fully saturated rings. The summed E-state index contributed by atoms with van der Waals surface area (Å²) in [5.74, 6) is 1.32. The van der Waals surface area contributed by atoms with E-state index in [0.717, 1.165) is 11.3 Å². The first kappa shape index (κ1) is 18.7. The molecule has 30 heavy (non-hydrogen) atoms. The molecule has 3 aromatic rings. The zero-order valence-corrected chi connectivity index (χ0v) is 17.4. The molecule has 0 saturated carbocycles. The Labute approximate surface area is 176 Å². The summed E-state index contributed by atoms with van der Waals surface area (Å²) in [6.45, 7) is 0. The van der Waals surface area contributed by atoms with Gasteiger partial charge in [-0.3, -0.25) is 19.8 Å². The SMILES string of the molecule is COc1cccc(C2C3=C(CC(c4cccs4)CC3=O)Nc3[nH][nH]c(=O)c32)c1OC. The van der Waals surface area contributed by atoms with Gasteiger partial charge >= 0.3 is 0 Å². The van der Waals surface area contributed by atoms with E-state index in [1.165, 1.54) is 4.88 Å². The standard InChI is InChI=1S/C22H21N3O4S/c1-28-15-6-3-5-12(20(15)29-2)17-18-13(23-21-19(17)22(27)25-24-21)9-11(10-14(18)26)16-7-4-8-30-16/h3-8,11,17H,9-10H2,1-2H3,(H3,23,24,25,27). The molecule has 154 valence electrons. The fourth-order valence-corrected chi connectivity index (χ4v) is 5.43. The monoisotopic (exact) mass is 423 g/mol. The number of ether oxygens (including phenoxy) is 2. The van der Waals surface area contributed by atoms with Gasteiger partial charge in [-0.25, -0.2) is 0 Å². The molecule has 3 heterocycles. The van der Waals surface area contributed by atoms with Gasteiger partial charge in [-0.05, 0) is 23.9 Å². The quantitative estimate of drug-likeness (QED) is 0.594. The molecule has 2 aromatic heterocycles. The molecule has 1 aliphatic carbocycles. The molecule has 1 aliphatic heterocycles. The molecular formula is C22H21N3O4S. The number of carbonyl (C=O) groups is 1. The summed E-state index contributed by atoms with van der Waals surface area (Å²) in [4.78, 5) is 27.3. The summed E-state index contributed by atoms with van der Waals surface area (Å²) in [5, 5.41) is 10.9. The van der Waals surface area contributed by atoms with E-state index in [1.54, 1.807) is 31.6 Å². The predicted octanol–water partition coefficient (Wildman–Crippen LogP) is 3.74. The number of methoxy groups -OCH3 is 2. The second kappa shape index (κ2) is 7.21. The van der Waals surface area contributed by atoms with Crippen LogP contribution in [0.2, 0.25) is 0 Å². The van der Waals surface area contributed by atoms with Gasteiger partial charge in [-0.2, -0.15) is 0 Å². The number of carbonyl (C=O) groups excluding carboxylic acids is 1. The van der Waals surface area contributed by atoms with Gasteiger partial charge in [0.15, 0.2) is 17.3 Å². The van der Waals surface area contributed by atoms with Crippen LogP contribution in [0.4, 0.5) is 5.82 Å². The minimum Gasteiger partial charge on any atom is -0.493 e. The van der Waals surface area contributed by atoms with E-state index in [4.69, 9.17) is 9.47 Å². The van der Waals surface area contributed by atoms with E-state index < -0.39 is 5.92 Å². The van der Waals surface area contributed by atoms with Crippen molar-refractivity contribution in [3.63, 3.8) is 0 Å². The summed E-state index contributed by atoms with van der Waals surface area (Å²) < 4.78 is 11.1. The molecular weight excluding hydrogens is 402 g/mol. The summed E-state index contributed by atoms with van der Waals surface area (Å²) in [6.07, 6.45) is 1.12. The van der Waals surface area contributed by atoms with Crippen molar-refractivity contribution in [2.45, 2.75) is 24.7 Å². The van der Waals surface area contributed by atoms with Crippen LogP contribution < -0.4 is 20.3 Å². The van der Waals surface area contributed by atoms with Crippen molar-refractivity contribution >= 4 is 22.9 Å². The minimum absolute atomic E-state index is 0.0447. The van der Waals surface area contributed by atoms with Crippen LogP contribution in [-0.4, -0.2) is 30.2 Å². The lowest BCUT2D eigenvalue weighted by Gasteiger charge is -2.34. The number of H-pyrrole nitrogens is 2. The van der Waals surface area contributed by atoms with E-state index in [0.29, 0.717) is 41.3 Å². The van der Waals surface area contributed by atoms with Crippen molar-refractivity contribution in [3.8, 4) is 11.5 Å². The molecule has 0 amide bonds. The Hall–Kier alpha value is -3.26. The first-order valence-electron chi connectivity index (χ1n) is 9.70. The zero-order chi connectivity index (χ0) is 20.8. The highest BCUT2D eigenvalue weighted by molar-refractivity contribution is 7.10. The zero-order valence-electron chi connectivity index (χ0n) is 16.6. The first-order valence-corrected chi connectivity index (χ1v) is 10.6. The Morgan fingerprint density at radius 3 is 2.63 bits per heavy atom. The van der Waals surface area contributed by atoms with Crippen molar-refractivity contribution in [2.24, 2.45) is 0 Å². The number of anilines is 1. The second-order valence-electron chi connectivity index (χ2n) is 7.44. The van der Waals surface area contributed by atoms with Crippen molar-refractivity contribution in [3.05, 3.63) is 73.3 Å². The number of aromatic nitrogens is 2. The third kappa shape index (κ3) is 2.79. The number of ketones is 1. The van der Waals surface area contributed by atoms with E-state index in [2.05, 4.69) is 21.6 Å². The highest BCUT2D eigenvalue weighted by atomic mass is 32.1. The van der Waals surface area contributed by atoms with Crippen LogP contribution in [0.15, 0.2) is 51.8 Å². The maximum Gasteiger partial charge on any atom is 0.270 e. The fourth-order valence-electron chi connectivity index (χ4n) is 4.60. The third-order valence-electron chi connectivity index (χ3n) is 5.87. The van der Waals surface area contributed by atoms with Crippen molar-refractivity contribution in [1.82, 2.24) is 10.2 Å². The molecule has 2 aliphatic rings. The molecule has 0 bridgehead atoms. The lowest BCUT2D eigenvalue weighted by atomic mass is 9.73. The molecule has 8 heteroatoms. The van der Waals surface area contributed by atoms with Crippen LogP contribution in [0.1, 0.15) is 40.7 Å². The van der Waals surface area contributed by atoms with Crippen LogP contribution in [0.5, 0.6) is 11.5 Å². The van der Waals surface area contributed by atoms with Gasteiger partial charge in [0.05, 0.1) is 25.7 Å². The van der Waals surface area contributed by atoms with E-state index in [1.807, 2.05) is 23.6 Å². The van der Waals surface area contributed by atoms with Gasteiger partial charge in [-0.1, -0.05) is 18.2 Å². The number of Topliss-reactive ketones (excluding diaryl/α,β-unsaturated/α-hetero) is 1. The lowest BCUT2D eigenvalue weighted by molar-refractivity contribution is -0.116. The Morgan fingerprint density at radius 1 is 1.03 bits per heavy atom. The number of thiophene rings is 1. The molecule has 0 spiro atoms. The van der Waals surface area contributed by atoms with Gasteiger partial charge in [0.2, 0.25) is 0 Å². The van der Waals surface area contributed by atoms with E-state index in [-0.39, 0.29) is 17.3 Å². The van der Waals surface area contributed by atoms with Gasteiger partial charge in [0, 0.05) is 34.0 Å². The van der Waals surface area contributed by atoms with Crippen molar-refractivity contribution in [1.29, 1.82) is 0 Å². The molecule has 0 saturated heterocycles. The Bertz CT molecular complexity index is 1210. The molecule has 2 atom stereocenters. The molecule has 2 unspecified atom stereocenters. The van der Waals surface area contributed by atoms with Crippen LogP contribution in [-0.2, 0) is 4.79 Å². The number of hydrogen-bond acceptors (Lipinski definition) is 6. The summed E-state index contributed by atoms with van der Waals surface area (Å²) in [6, 6.07) is 9.62. The van der Waals surface area contributed by atoms with E-state index in [9.17, 15) is 9.59 Å². The minimum atomic E-state index is -0.534. The van der Waals surface area contributed by atoms with Crippen LogP contribution in [0.25, 0.3) is 0 Å². The molecule has 7 nitrogen and oxygen atoms in total. The predicted molar refractivity (Wildman–Crippen MR) is 115 cm³/mol. The number of hydrogen-bond donors (Lipinski definition) is 3. The van der Waals surface area contributed by atoms with Gasteiger partial charge < -0.3 is 14.8 Å². The summed E-state index contributed by atoms with van der Waals surface area (Å²) in [7, 11) is 3.14.